The number of hydrogen-bond acceptors (Lipinski definition) is 10. The summed E-state index contributed by atoms with van der Waals surface area (Å²) in [5.41, 5.74) is 3.42. The van der Waals surface area contributed by atoms with Crippen molar-refractivity contribution in [3.63, 3.8) is 0 Å². The number of aliphatic hydroxyl groups excluding tert-OH is 2. The molecule has 1 aliphatic heterocycles. The normalized spacial score (nSPS) is 30.4. The molecule has 0 spiro atoms. The van der Waals surface area contributed by atoms with Crippen LogP contribution in [0.25, 0.3) is 5.76 Å². The Morgan fingerprint density at radius 1 is 1.11 bits per heavy atom. The number of phenols is 1. The lowest BCUT2D eigenvalue weighted by Gasteiger charge is -2.50. The molecule has 37 heavy (non-hydrogen) atoms. The molecule has 0 unspecified atom stereocenters. The van der Waals surface area contributed by atoms with Crippen LogP contribution in [0.4, 0.5) is 5.69 Å². The first-order chi connectivity index (χ1) is 17.4. The van der Waals surface area contributed by atoms with E-state index in [1.165, 1.54) is 11.0 Å². The summed E-state index contributed by atoms with van der Waals surface area (Å²) in [6.07, 6.45) is 0.355. The van der Waals surface area contributed by atoms with Crippen LogP contribution in [0.2, 0.25) is 0 Å². The van der Waals surface area contributed by atoms with E-state index in [1.54, 1.807) is 20.2 Å². The molecule has 5 rings (SSSR count). The molecule has 4 atom stereocenters. The quantitative estimate of drug-likeness (QED) is 0.340. The molecule has 1 saturated heterocycles. The Bertz CT molecular complexity index is 1280. The van der Waals surface area contributed by atoms with E-state index in [2.05, 4.69) is 9.80 Å². The number of phenolic OH excluding ortho intramolecular Hbond substituents is 1. The number of fused-ring (bicyclic) bond motifs is 3. The van der Waals surface area contributed by atoms with E-state index in [0.29, 0.717) is 5.56 Å². The number of aliphatic hydroxyl groups is 3. The number of likely N-dealkylation sites (N-methyl/N-ethyl adjacent to an activating group) is 2. The van der Waals surface area contributed by atoms with Crippen LogP contribution in [-0.2, 0) is 20.8 Å². The van der Waals surface area contributed by atoms with Crippen molar-refractivity contribution in [1.29, 1.82) is 0 Å². The fourth-order valence-corrected chi connectivity index (χ4v) is 6.57. The zero-order chi connectivity index (χ0) is 27.0. The number of rotatable bonds is 3. The predicted molar refractivity (Wildman–Crippen MR) is 134 cm³/mol. The third-order valence-corrected chi connectivity index (χ3v) is 8.42. The molecule has 11 heteroatoms. The summed E-state index contributed by atoms with van der Waals surface area (Å²) < 4.78 is 0. The molecule has 1 aromatic rings. The Balaban J connectivity index is 1.68. The SMILES string of the molecule is CN1CCN(c2ccc(O)c3c2C[C@H]2C[C@H]4[C@H](N(C)C)C(=O)C(C(N)=O)=C(O)[C@@]4(O)C(=O)C2=C3O)CC1. The van der Waals surface area contributed by atoms with Crippen molar-refractivity contribution in [2.45, 2.75) is 24.5 Å². The van der Waals surface area contributed by atoms with Crippen molar-refractivity contribution in [3.8, 4) is 5.75 Å². The largest absolute Gasteiger partial charge is 0.508 e. The number of hydrogen-bond donors (Lipinski definition) is 5. The average Bonchev–Trinajstić information content (AvgIpc) is 2.82. The molecule has 11 nitrogen and oxygen atoms in total. The number of carbonyl (C=O) groups is 3. The Morgan fingerprint density at radius 2 is 1.76 bits per heavy atom. The van der Waals surface area contributed by atoms with E-state index in [-0.39, 0.29) is 29.7 Å². The number of piperazine rings is 1. The maximum absolute atomic E-state index is 13.9. The van der Waals surface area contributed by atoms with E-state index in [0.717, 1.165) is 31.9 Å². The van der Waals surface area contributed by atoms with E-state index in [9.17, 15) is 34.8 Å². The van der Waals surface area contributed by atoms with E-state index < -0.39 is 58.0 Å². The second-order valence-corrected chi connectivity index (χ2v) is 10.7. The van der Waals surface area contributed by atoms with E-state index in [4.69, 9.17) is 5.73 Å². The highest BCUT2D eigenvalue weighted by atomic mass is 16.3. The molecule has 2 fully saturated rings. The Labute approximate surface area is 214 Å². The number of primary amides is 1. The highest BCUT2D eigenvalue weighted by Gasteiger charge is 2.64. The van der Waals surface area contributed by atoms with Crippen molar-refractivity contribution >= 4 is 28.9 Å². The van der Waals surface area contributed by atoms with Gasteiger partial charge in [0.05, 0.1) is 11.6 Å². The molecule has 0 aromatic heterocycles. The maximum Gasteiger partial charge on any atom is 0.255 e. The molecule has 1 amide bonds. The van der Waals surface area contributed by atoms with Gasteiger partial charge in [-0.2, -0.15) is 0 Å². The molecular weight excluding hydrogens is 480 g/mol. The lowest BCUT2D eigenvalue weighted by Crippen LogP contribution is -2.65. The average molecular weight is 513 g/mol. The molecule has 1 heterocycles. The zero-order valence-electron chi connectivity index (χ0n) is 21.1. The summed E-state index contributed by atoms with van der Waals surface area (Å²) >= 11 is 0. The van der Waals surface area contributed by atoms with Crippen LogP contribution in [0.15, 0.2) is 29.0 Å². The van der Waals surface area contributed by atoms with E-state index >= 15 is 0 Å². The lowest BCUT2D eigenvalue weighted by atomic mass is 9.57. The van der Waals surface area contributed by atoms with Crippen molar-refractivity contribution in [3.05, 3.63) is 40.2 Å². The van der Waals surface area contributed by atoms with Gasteiger partial charge >= 0.3 is 0 Å². The number of aromatic hydroxyl groups is 1. The summed E-state index contributed by atoms with van der Waals surface area (Å²) in [6.45, 7) is 3.20. The first kappa shape index (κ1) is 25.2. The standard InChI is InChI=1S/C26H32N4O7/c1-28(2)20-14-11-12-10-13-15(30-8-6-29(3)7-9-30)4-5-16(31)18(13)21(32)17(12)23(34)26(14,37)24(35)19(22(20)33)25(27)36/h4-5,12,14,20,31-32,35,37H,6-11H2,1-3H3,(H2,27,36)/t12-,14-,20-,26-/m0/s1. The van der Waals surface area contributed by atoms with Gasteiger partial charge in [0.2, 0.25) is 5.78 Å². The van der Waals surface area contributed by atoms with Gasteiger partial charge in [-0.3, -0.25) is 19.3 Å². The Kier molecular flexibility index (Phi) is 5.85. The van der Waals surface area contributed by atoms with Crippen molar-refractivity contribution in [2.75, 3.05) is 52.2 Å². The fraction of sp³-hybridized carbons (Fsp3) is 0.500. The zero-order valence-corrected chi connectivity index (χ0v) is 21.1. The van der Waals surface area contributed by atoms with Crippen LogP contribution in [0.1, 0.15) is 17.5 Å². The fourth-order valence-electron chi connectivity index (χ4n) is 6.57. The number of nitrogens with zero attached hydrogens (tertiary/aromatic N) is 3. The summed E-state index contributed by atoms with van der Waals surface area (Å²) in [5, 5.41) is 44.7. The number of ketones is 2. The van der Waals surface area contributed by atoms with Crippen molar-refractivity contribution in [2.24, 2.45) is 17.6 Å². The van der Waals surface area contributed by atoms with Gasteiger partial charge in [-0.25, -0.2) is 0 Å². The molecule has 6 N–H and O–H groups in total. The smallest absolute Gasteiger partial charge is 0.255 e. The van der Waals surface area contributed by atoms with E-state index in [1.807, 2.05) is 7.05 Å². The molecule has 4 aliphatic rings. The number of carbonyl (C=O) groups excluding carboxylic acids is 3. The van der Waals surface area contributed by atoms with Gasteiger partial charge in [0.1, 0.15) is 22.8 Å². The van der Waals surface area contributed by atoms with Crippen LogP contribution >= 0.6 is 0 Å². The van der Waals surface area contributed by atoms with Gasteiger partial charge in [0.15, 0.2) is 11.4 Å². The van der Waals surface area contributed by atoms with Gasteiger partial charge in [-0.15, -0.1) is 0 Å². The molecule has 1 saturated carbocycles. The van der Waals surface area contributed by atoms with Gasteiger partial charge in [-0.1, -0.05) is 0 Å². The summed E-state index contributed by atoms with van der Waals surface area (Å²) in [7, 11) is 5.20. The minimum Gasteiger partial charge on any atom is -0.508 e. The number of anilines is 1. The first-order valence-electron chi connectivity index (χ1n) is 12.3. The number of benzene rings is 1. The van der Waals surface area contributed by atoms with Crippen LogP contribution in [0.3, 0.4) is 0 Å². The second kappa shape index (κ2) is 8.57. The number of nitrogens with two attached hydrogens (primary N) is 1. The van der Waals surface area contributed by atoms with Crippen LogP contribution in [-0.4, -0.2) is 107 Å². The van der Waals surface area contributed by atoms with Crippen LogP contribution in [0, 0.1) is 11.8 Å². The molecule has 3 aliphatic carbocycles. The lowest BCUT2D eigenvalue weighted by molar-refractivity contribution is -0.153. The van der Waals surface area contributed by atoms with Gasteiger partial charge in [0.25, 0.3) is 5.91 Å². The maximum atomic E-state index is 13.9. The second-order valence-electron chi connectivity index (χ2n) is 10.7. The molecular formula is C26H32N4O7. The molecule has 1 aromatic carbocycles. The summed E-state index contributed by atoms with van der Waals surface area (Å²) in [4.78, 5) is 45.0. The molecule has 198 valence electrons. The van der Waals surface area contributed by atoms with Gasteiger partial charge < -0.3 is 36.0 Å². The Morgan fingerprint density at radius 3 is 2.35 bits per heavy atom. The Hall–Kier alpha value is -3.41. The van der Waals surface area contributed by atoms with Gasteiger partial charge in [-0.05, 0) is 57.6 Å². The minimum atomic E-state index is -2.63. The first-order valence-corrected chi connectivity index (χ1v) is 12.3. The predicted octanol–water partition coefficient (Wildman–Crippen LogP) is -0.284. The highest BCUT2D eigenvalue weighted by molar-refractivity contribution is 6.24. The van der Waals surface area contributed by atoms with Gasteiger partial charge in [0, 0.05) is 43.4 Å². The summed E-state index contributed by atoms with van der Waals surface area (Å²) in [5.74, 6) is -6.45. The third-order valence-electron chi connectivity index (χ3n) is 8.42. The van der Waals surface area contributed by atoms with Crippen molar-refractivity contribution < 1.29 is 34.8 Å². The molecule has 0 radical (unpaired) electrons. The number of amides is 1. The summed E-state index contributed by atoms with van der Waals surface area (Å²) in [6, 6.07) is 2.18. The molecule has 0 bridgehead atoms. The van der Waals surface area contributed by atoms with Crippen LogP contribution in [0.5, 0.6) is 5.75 Å². The minimum absolute atomic E-state index is 0.0730. The van der Waals surface area contributed by atoms with Crippen molar-refractivity contribution in [1.82, 2.24) is 9.80 Å². The van der Waals surface area contributed by atoms with Crippen LogP contribution < -0.4 is 10.6 Å². The third kappa shape index (κ3) is 3.48. The highest BCUT2D eigenvalue weighted by Crippen LogP contribution is 2.53. The number of Topliss-reactive ketones (excluding diaryl/α,β-unsaturated/α-hetero) is 2. The monoisotopic (exact) mass is 512 g/mol. The topological polar surface area (TPSA) is 168 Å².